The predicted molar refractivity (Wildman–Crippen MR) is 357 cm³/mol. The van der Waals surface area contributed by atoms with Gasteiger partial charge in [-0.05, 0) is 135 Å². The predicted octanol–water partition coefficient (Wildman–Crippen LogP) is 23.7. The van der Waals surface area contributed by atoms with Gasteiger partial charge in [-0.1, -0.05) is 289 Å². The summed E-state index contributed by atoms with van der Waals surface area (Å²) in [5, 5.41) is 0. The van der Waals surface area contributed by atoms with Crippen LogP contribution in [0.4, 0.5) is 0 Å². The van der Waals surface area contributed by atoms with Gasteiger partial charge in [-0.15, -0.1) is 0 Å². The molecule has 1 unspecified atom stereocenters. The summed E-state index contributed by atoms with van der Waals surface area (Å²) in [7, 11) is 0. The van der Waals surface area contributed by atoms with Crippen molar-refractivity contribution < 1.29 is 28.6 Å². The maximum atomic E-state index is 12.9. The van der Waals surface area contributed by atoms with E-state index < -0.39 is 6.10 Å². The highest BCUT2D eigenvalue weighted by molar-refractivity contribution is 5.71. The third-order valence-corrected chi connectivity index (χ3v) is 14.4. The van der Waals surface area contributed by atoms with Crippen LogP contribution < -0.4 is 0 Å². The fourth-order valence-electron chi connectivity index (χ4n) is 9.26. The molecule has 0 amide bonds. The number of esters is 3. The van der Waals surface area contributed by atoms with Gasteiger partial charge in [0, 0.05) is 19.3 Å². The monoisotopic (exact) mass is 1130 g/mol. The van der Waals surface area contributed by atoms with E-state index >= 15 is 0 Å². The molecule has 0 bridgehead atoms. The molecule has 0 aliphatic carbocycles. The van der Waals surface area contributed by atoms with Crippen LogP contribution in [-0.2, 0) is 28.6 Å². The zero-order chi connectivity index (χ0) is 59.2. The van der Waals surface area contributed by atoms with Gasteiger partial charge in [-0.3, -0.25) is 14.4 Å². The molecular weight excluding hydrogens is 1010 g/mol. The van der Waals surface area contributed by atoms with Crippen LogP contribution in [0.15, 0.2) is 134 Å². The van der Waals surface area contributed by atoms with Crippen LogP contribution in [0.1, 0.15) is 310 Å². The van der Waals surface area contributed by atoms with E-state index in [2.05, 4.69) is 154 Å². The van der Waals surface area contributed by atoms with Crippen molar-refractivity contribution in [2.45, 2.75) is 316 Å². The molecule has 0 radical (unpaired) electrons. The van der Waals surface area contributed by atoms with E-state index in [0.29, 0.717) is 19.3 Å². The Morgan fingerprint density at radius 3 is 0.829 bits per heavy atom. The molecular formula is C76H126O6. The summed E-state index contributed by atoms with van der Waals surface area (Å²) < 4.78 is 16.9. The van der Waals surface area contributed by atoms with Crippen LogP contribution in [0, 0.1) is 0 Å². The summed E-state index contributed by atoms with van der Waals surface area (Å²) >= 11 is 0. The Hall–Kier alpha value is -4.45. The lowest BCUT2D eigenvalue weighted by atomic mass is 10.0. The molecule has 0 spiro atoms. The molecule has 0 aliphatic heterocycles. The SMILES string of the molecule is CC/C=C\C/C=C\C/C=C\C/C=C\C/C=C\C/C=C\C/C=C\C/C=C\C/C=C\CCCC(=O)OCC(COC(=O)CCCCCCC/C=C\CCCCC)OC(=O)CCCCCCCCCCCCC/C=C\CCCCCCCCCC. The van der Waals surface area contributed by atoms with Crippen LogP contribution >= 0.6 is 0 Å². The topological polar surface area (TPSA) is 78.9 Å². The van der Waals surface area contributed by atoms with Crippen LogP contribution in [0.25, 0.3) is 0 Å². The van der Waals surface area contributed by atoms with E-state index in [-0.39, 0.29) is 37.5 Å². The van der Waals surface area contributed by atoms with E-state index in [1.165, 1.54) is 148 Å². The number of unbranched alkanes of at least 4 members (excludes halogenated alkanes) is 28. The molecule has 6 heteroatoms. The van der Waals surface area contributed by atoms with E-state index in [9.17, 15) is 14.4 Å². The third-order valence-electron chi connectivity index (χ3n) is 14.4. The zero-order valence-electron chi connectivity index (χ0n) is 53.5. The second-order valence-corrected chi connectivity index (χ2v) is 22.3. The number of ether oxygens (including phenoxy) is 3. The molecule has 6 nitrogen and oxygen atoms in total. The number of allylic oxidation sites excluding steroid dienone is 22. The third kappa shape index (κ3) is 66.4. The molecule has 0 aromatic heterocycles. The van der Waals surface area contributed by atoms with Crippen LogP contribution in [-0.4, -0.2) is 37.2 Å². The van der Waals surface area contributed by atoms with E-state index in [4.69, 9.17) is 14.2 Å². The fraction of sp³-hybridized carbons (Fsp3) is 0.671. The molecule has 0 saturated heterocycles. The van der Waals surface area contributed by atoms with Gasteiger partial charge in [0.05, 0.1) is 0 Å². The van der Waals surface area contributed by atoms with Crippen molar-refractivity contribution >= 4 is 17.9 Å². The number of rotatable bonds is 61. The molecule has 1 atom stereocenters. The van der Waals surface area contributed by atoms with Crippen molar-refractivity contribution in [1.82, 2.24) is 0 Å². The fourth-order valence-corrected chi connectivity index (χ4v) is 9.26. The maximum absolute atomic E-state index is 12.9. The average Bonchev–Trinajstić information content (AvgIpc) is 3.47. The van der Waals surface area contributed by atoms with E-state index in [1.54, 1.807) is 0 Å². The Kier molecular flexibility index (Phi) is 65.3. The quantitative estimate of drug-likeness (QED) is 0.0261. The van der Waals surface area contributed by atoms with Crippen molar-refractivity contribution in [2.24, 2.45) is 0 Å². The molecule has 0 aliphatic rings. The van der Waals surface area contributed by atoms with Gasteiger partial charge < -0.3 is 14.2 Å². The average molecular weight is 1140 g/mol. The van der Waals surface area contributed by atoms with Crippen molar-refractivity contribution in [3.8, 4) is 0 Å². The first kappa shape index (κ1) is 77.5. The lowest BCUT2D eigenvalue weighted by Crippen LogP contribution is -2.30. The van der Waals surface area contributed by atoms with Gasteiger partial charge in [0.25, 0.3) is 0 Å². The largest absolute Gasteiger partial charge is 0.462 e. The van der Waals surface area contributed by atoms with Crippen molar-refractivity contribution in [3.63, 3.8) is 0 Å². The summed E-state index contributed by atoms with van der Waals surface area (Å²) in [5.41, 5.74) is 0. The van der Waals surface area contributed by atoms with Crippen LogP contribution in [0.2, 0.25) is 0 Å². The summed E-state index contributed by atoms with van der Waals surface area (Å²) in [5.74, 6) is -0.969. The highest BCUT2D eigenvalue weighted by atomic mass is 16.6. The Labute approximate surface area is 506 Å². The van der Waals surface area contributed by atoms with Gasteiger partial charge in [0.15, 0.2) is 6.10 Å². The normalized spacial score (nSPS) is 13.0. The smallest absolute Gasteiger partial charge is 0.306 e. The summed E-state index contributed by atoms with van der Waals surface area (Å²) in [6.45, 7) is 6.46. The van der Waals surface area contributed by atoms with Gasteiger partial charge in [0.1, 0.15) is 13.2 Å². The molecule has 466 valence electrons. The first-order chi connectivity index (χ1) is 40.5. The lowest BCUT2D eigenvalue weighted by Gasteiger charge is -2.18. The number of carbonyl (C=O) groups excluding carboxylic acids is 3. The summed E-state index contributed by atoms with van der Waals surface area (Å²) in [6, 6.07) is 0. The minimum absolute atomic E-state index is 0.103. The van der Waals surface area contributed by atoms with Crippen molar-refractivity contribution in [3.05, 3.63) is 134 Å². The van der Waals surface area contributed by atoms with Crippen molar-refractivity contribution in [1.29, 1.82) is 0 Å². The van der Waals surface area contributed by atoms with Crippen LogP contribution in [0.3, 0.4) is 0 Å². The Balaban J connectivity index is 4.40. The maximum Gasteiger partial charge on any atom is 0.306 e. The molecule has 0 aromatic rings. The van der Waals surface area contributed by atoms with Gasteiger partial charge in [0.2, 0.25) is 0 Å². The first-order valence-electron chi connectivity index (χ1n) is 34.2. The van der Waals surface area contributed by atoms with Gasteiger partial charge in [-0.25, -0.2) is 0 Å². The molecule has 0 aromatic carbocycles. The molecule has 82 heavy (non-hydrogen) atoms. The lowest BCUT2D eigenvalue weighted by molar-refractivity contribution is -0.167. The molecule has 0 saturated carbocycles. The minimum atomic E-state index is -0.811. The first-order valence-corrected chi connectivity index (χ1v) is 34.2. The standard InChI is InChI=1S/C76H126O6/c1-4-7-10-13-16-19-22-25-27-29-31-33-35-36-37-38-39-40-42-43-45-47-49-51-54-57-60-63-66-69-75(78)81-72-73(71-80-74(77)68-65-62-59-56-53-24-21-18-15-12-9-6-3)82-76(79)70-67-64-61-58-55-52-50-48-46-44-41-34-32-30-28-26-23-20-17-14-11-8-5-2/h7,10,16,18-19,21,25,27,30-33,36-37,39-40,43,45,49,51,57,60,73H,4-6,8-9,11-15,17,20,22-24,26,28-29,34-35,38,41-42,44,46-48,50,52-56,58-59,61-72H2,1-3H3/b10-7-,19-16-,21-18-,27-25-,32-30-,33-31-,37-36-,40-39-,45-43-,51-49-,60-57-. The second kappa shape index (κ2) is 69.0. The Bertz CT molecular complexity index is 1730. The number of carbonyl (C=O) groups is 3. The van der Waals surface area contributed by atoms with Gasteiger partial charge in [-0.2, -0.15) is 0 Å². The Morgan fingerprint density at radius 2 is 0.488 bits per heavy atom. The highest BCUT2D eigenvalue weighted by Crippen LogP contribution is 2.16. The second-order valence-electron chi connectivity index (χ2n) is 22.3. The Morgan fingerprint density at radius 1 is 0.256 bits per heavy atom. The van der Waals surface area contributed by atoms with E-state index in [1.807, 2.05) is 0 Å². The molecule has 0 heterocycles. The van der Waals surface area contributed by atoms with Gasteiger partial charge >= 0.3 is 17.9 Å². The molecule has 0 N–H and O–H groups in total. The zero-order valence-corrected chi connectivity index (χ0v) is 53.5. The number of hydrogen-bond donors (Lipinski definition) is 0. The van der Waals surface area contributed by atoms with Crippen molar-refractivity contribution in [2.75, 3.05) is 13.2 Å². The summed E-state index contributed by atoms with van der Waals surface area (Å²) in [4.78, 5) is 38.3. The molecule has 0 fully saturated rings. The van der Waals surface area contributed by atoms with Crippen LogP contribution in [0.5, 0.6) is 0 Å². The minimum Gasteiger partial charge on any atom is -0.462 e. The number of hydrogen-bond acceptors (Lipinski definition) is 6. The van der Waals surface area contributed by atoms with E-state index in [0.717, 1.165) is 116 Å². The summed E-state index contributed by atoms with van der Waals surface area (Å²) in [6.07, 6.45) is 97.6. The molecule has 0 rings (SSSR count). The highest BCUT2D eigenvalue weighted by Gasteiger charge is 2.19.